The van der Waals surface area contributed by atoms with E-state index in [-0.39, 0.29) is 23.8 Å². The Morgan fingerprint density at radius 2 is 1.69 bits per heavy atom. The standard InChI is InChI=1S/C30H31NO5/c1-5-36-25-16-13-22(17-24(25)19(2)3)28(32)26-27(21-9-7-6-8-10-21)31(30(34)29(26)33)18-20-11-14-23(35-4)15-12-20/h6-17,19,27,32H,5,18H2,1-4H3/b28-26-. The molecule has 1 aliphatic heterocycles. The average molecular weight is 486 g/mol. The molecule has 6 nitrogen and oxygen atoms in total. The van der Waals surface area contributed by atoms with Crippen LogP contribution >= 0.6 is 0 Å². The summed E-state index contributed by atoms with van der Waals surface area (Å²) in [5.74, 6) is 0.0534. The Labute approximate surface area is 211 Å². The fraction of sp³-hybridized carbons (Fsp3) is 0.267. The van der Waals surface area contributed by atoms with Crippen molar-refractivity contribution < 1.29 is 24.2 Å². The van der Waals surface area contributed by atoms with Crippen molar-refractivity contribution in [2.24, 2.45) is 0 Å². The van der Waals surface area contributed by atoms with Gasteiger partial charge in [-0.05, 0) is 59.9 Å². The minimum Gasteiger partial charge on any atom is -0.507 e. The third kappa shape index (κ3) is 4.85. The molecule has 1 unspecified atom stereocenters. The summed E-state index contributed by atoms with van der Waals surface area (Å²) in [7, 11) is 1.59. The van der Waals surface area contributed by atoms with Crippen LogP contribution in [0, 0.1) is 0 Å². The summed E-state index contributed by atoms with van der Waals surface area (Å²) in [5.41, 5.74) is 3.08. The summed E-state index contributed by atoms with van der Waals surface area (Å²) in [6.07, 6.45) is 0. The predicted molar refractivity (Wildman–Crippen MR) is 139 cm³/mol. The molecule has 1 amide bonds. The van der Waals surface area contributed by atoms with Gasteiger partial charge < -0.3 is 19.5 Å². The Hall–Kier alpha value is -4.06. The van der Waals surface area contributed by atoms with E-state index in [0.717, 1.165) is 22.4 Å². The highest BCUT2D eigenvalue weighted by molar-refractivity contribution is 6.46. The molecular formula is C30H31NO5. The van der Waals surface area contributed by atoms with Crippen molar-refractivity contribution in [1.29, 1.82) is 0 Å². The molecule has 4 rings (SSSR count). The molecule has 6 heteroatoms. The fourth-order valence-corrected chi connectivity index (χ4v) is 4.54. The number of Topliss-reactive ketones (excluding diaryl/α,β-unsaturated/α-hetero) is 1. The number of carbonyl (C=O) groups is 2. The van der Waals surface area contributed by atoms with Gasteiger partial charge in [-0.3, -0.25) is 9.59 Å². The van der Waals surface area contributed by atoms with Crippen LogP contribution in [0.2, 0.25) is 0 Å². The monoisotopic (exact) mass is 485 g/mol. The number of ketones is 1. The smallest absolute Gasteiger partial charge is 0.295 e. The first kappa shape index (κ1) is 25.0. The van der Waals surface area contributed by atoms with Crippen LogP contribution in [-0.2, 0) is 16.1 Å². The first-order valence-electron chi connectivity index (χ1n) is 12.1. The first-order chi connectivity index (χ1) is 17.3. The van der Waals surface area contributed by atoms with Gasteiger partial charge in [-0.25, -0.2) is 0 Å². The van der Waals surface area contributed by atoms with E-state index in [4.69, 9.17) is 9.47 Å². The van der Waals surface area contributed by atoms with E-state index in [2.05, 4.69) is 0 Å². The molecule has 1 N–H and O–H groups in total. The Morgan fingerprint density at radius 3 is 2.31 bits per heavy atom. The van der Waals surface area contributed by atoms with E-state index in [1.165, 1.54) is 4.90 Å². The number of hydrogen-bond donors (Lipinski definition) is 1. The number of nitrogens with zero attached hydrogens (tertiary/aromatic N) is 1. The number of benzene rings is 3. The summed E-state index contributed by atoms with van der Waals surface area (Å²) in [6, 6.07) is 21.3. The summed E-state index contributed by atoms with van der Waals surface area (Å²) < 4.78 is 11.0. The summed E-state index contributed by atoms with van der Waals surface area (Å²) in [4.78, 5) is 28.1. The van der Waals surface area contributed by atoms with Gasteiger partial charge in [-0.2, -0.15) is 0 Å². The number of methoxy groups -OCH3 is 1. The molecule has 1 heterocycles. The van der Waals surface area contributed by atoms with Crippen LogP contribution in [0.25, 0.3) is 5.76 Å². The normalized spacial score (nSPS) is 17.0. The van der Waals surface area contributed by atoms with Crippen LogP contribution in [0.3, 0.4) is 0 Å². The molecule has 3 aromatic rings. The first-order valence-corrected chi connectivity index (χ1v) is 12.1. The van der Waals surface area contributed by atoms with Crippen molar-refractivity contribution in [2.75, 3.05) is 13.7 Å². The fourth-order valence-electron chi connectivity index (χ4n) is 4.54. The summed E-state index contributed by atoms with van der Waals surface area (Å²) in [6.45, 7) is 6.74. The second-order valence-electron chi connectivity index (χ2n) is 9.03. The molecule has 1 fully saturated rings. The molecule has 1 saturated heterocycles. The highest BCUT2D eigenvalue weighted by atomic mass is 16.5. The molecule has 0 bridgehead atoms. The lowest BCUT2D eigenvalue weighted by molar-refractivity contribution is -0.140. The Balaban J connectivity index is 1.82. The van der Waals surface area contributed by atoms with Gasteiger partial charge in [0.25, 0.3) is 11.7 Å². The van der Waals surface area contributed by atoms with Crippen LogP contribution in [0.4, 0.5) is 0 Å². The molecule has 1 aliphatic rings. The number of aliphatic hydroxyl groups is 1. The van der Waals surface area contributed by atoms with Gasteiger partial charge in [0.15, 0.2) is 0 Å². The van der Waals surface area contributed by atoms with Gasteiger partial charge >= 0.3 is 0 Å². The van der Waals surface area contributed by atoms with Gasteiger partial charge in [-0.1, -0.05) is 56.3 Å². The Morgan fingerprint density at radius 1 is 1.00 bits per heavy atom. The number of hydrogen-bond acceptors (Lipinski definition) is 5. The molecule has 36 heavy (non-hydrogen) atoms. The second kappa shape index (κ2) is 10.7. The second-order valence-corrected chi connectivity index (χ2v) is 9.03. The number of ether oxygens (including phenoxy) is 2. The maximum Gasteiger partial charge on any atom is 0.295 e. The van der Waals surface area contributed by atoms with Gasteiger partial charge in [0, 0.05) is 12.1 Å². The lowest BCUT2D eigenvalue weighted by Crippen LogP contribution is -2.29. The van der Waals surface area contributed by atoms with Crippen LogP contribution in [0.15, 0.2) is 78.4 Å². The van der Waals surface area contributed by atoms with E-state index in [9.17, 15) is 14.7 Å². The molecule has 0 aliphatic carbocycles. The molecule has 0 saturated carbocycles. The molecule has 0 aromatic heterocycles. The number of carbonyl (C=O) groups excluding carboxylic acids is 2. The zero-order chi connectivity index (χ0) is 25.8. The highest BCUT2D eigenvalue weighted by Gasteiger charge is 2.46. The highest BCUT2D eigenvalue weighted by Crippen LogP contribution is 2.41. The lowest BCUT2D eigenvalue weighted by atomic mass is 9.93. The SMILES string of the molecule is CCOc1ccc(/C(O)=C2/C(=O)C(=O)N(Cc3ccc(OC)cc3)C2c2ccccc2)cc1C(C)C. The van der Waals surface area contributed by atoms with Crippen molar-refractivity contribution in [2.45, 2.75) is 39.3 Å². The third-order valence-corrected chi connectivity index (χ3v) is 6.37. The third-order valence-electron chi connectivity index (χ3n) is 6.37. The molecular weight excluding hydrogens is 454 g/mol. The van der Waals surface area contributed by atoms with Crippen molar-refractivity contribution in [3.8, 4) is 11.5 Å². The van der Waals surface area contributed by atoms with E-state index in [0.29, 0.717) is 17.9 Å². The molecule has 3 aromatic carbocycles. The van der Waals surface area contributed by atoms with Crippen LogP contribution in [-0.4, -0.2) is 35.4 Å². The van der Waals surface area contributed by atoms with Crippen molar-refractivity contribution in [1.82, 2.24) is 4.90 Å². The van der Waals surface area contributed by atoms with Gasteiger partial charge in [0.05, 0.1) is 25.3 Å². The molecule has 0 radical (unpaired) electrons. The van der Waals surface area contributed by atoms with E-state index < -0.39 is 17.7 Å². The number of rotatable bonds is 8. The predicted octanol–water partition coefficient (Wildman–Crippen LogP) is 5.84. The molecule has 186 valence electrons. The number of aliphatic hydroxyl groups excluding tert-OH is 1. The van der Waals surface area contributed by atoms with Gasteiger partial charge in [0.2, 0.25) is 0 Å². The average Bonchev–Trinajstić information content (AvgIpc) is 3.14. The largest absolute Gasteiger partial charge is 0.507 e. The zero-order valence-corrected chi connectivity index (χ0v) is 21.0. The van der Waals surface area contributed by atoms with E-state index in [1.807, 2.05) is 81.4 Å². The van der Waals surface area contributed by atoms with Crippen LogP contribution in [0.1, 0.15) is 55.0 Å². The number of likely N-dealkylation sites (tertiary alicyclic amines) is 1. The summed E-state index contributed by atoms with van der Waals surface area (Å²) >= 11 is 0. The Bertz CT molecular complexity index is 1280. The maximum atomic E-state index is 13.3. The quantitative estimate of drug-likeness (QED) is 0.246. The zero-order valence-electron chi connectivity index (χ0n) is 21.0. The molecule has 0 spiro atoms. The minimum absolute atomic E-state index is 0.0820. The number of amides is 1. The van der Waals surface area contributed by atoms with Crippen molar-refractivity contribution in [3.63, 3.8) is 0 Å². The van der Waals surface area contributed by atoms with Crippen LogP contribution < -0.4 is 9.47 Å². The lowest BCUT2D eigenvalue weighted by Gasteiger charge is -2.25. The van der Waals surface area contributed by atoms with E-state index in [1.54, 1.807) is 19.2 Å². The molecule has 1 atom stereocenters. The topological polar surface area (TPSA) is 76.1 Å². The van der Waals surface area contributed by atoms with Gasteiger partial charge in [0.1, 0.15) is 17.3 Å². The minimum atomic E-state index is -0.720. The van der Waals surface area contributed by atoms with Crippen LogP contribution in [0.5, 0.6) is 11.5 Å². The van der Waals surface area contributed by atoms with Crippen molar-refractivity contribution >= 4 is 17.4 Å². The summed E-state index contributed by atoms with van der Waals surface area (Å²) in [5, 5.41) is 11.4. The van der Waals surface area contributed by atoms with E-state index >= 15 is 0 Å². The van der Waals surface area contributed by atoms with Crippen molar-refractivity contribution in [3.05, 3.63) is 101 Å². The maximum absolute atomic E-state index is 13.3. The van der Waals surface area contributed by atoms with Gasteiger partial charge in [-0.15, -0.1) is 0 Å². The Kier molecular flexibility index (Phi) is 7.44.